The summed E-state index contributed by atoms with van der Waals surface area (Å²) in [5.74, 6) is -2.58. The van der Waals surface area contributed by atoms with Crippen LogP contribution in [0.15, 0.2) is 24.4 Å². The number of rotatable bonds is 7. The highest BCUT2D eigenvalue weighted by Gasteiger charge is 2.45. The Morgan fingerprint density at radius 1 is 0.950 bits per heavy atom. The number of likely N-dealkylation sites (tertiary alicyclic amines) is 1. The summed E-state index contributed by atoms with van der Waals surface area (Å²) in [4.78, 5) is 45.7. The van der Waals surface area contributed by atoms with Gasteiger partial charge in [0.1, 0.15) is 17.4 Å². The number of alkyl halides is 3. The molecule has 7 rings (SSSR count). The first-order valence-electron chi connectivity index (χ1n) is 19.7. The van der Waals surface area contributed by atoms with E-state index in [0.29, 0.717) is 46.9 Å². The van der Waals surface area contributed by atoms with Gasteiger partial charge in [-0.05, 0) is 94.0 Å². The molecule has 1 aromatic carbocycles. The summed E-state index contributed by atoms with van der Waals surface area (Å²) in [6.07, 6.45) is -1.08. The fraction of sp³-hybridized carbons (Fsp3) is 0.641. The van der Waals surface area contributed by atoms with E-state index in [0.717, 1.165) is 61.6 Å². The number of halogens is 6. The van der Waals surface area contributed by atoms with Crippen molar-refractivity contribution >= 4 is 70.5 Å². The average molecular weight is 911 g/mol. The monoisotopic (exact) mass is 909 g/mol. The molecular formula is C39H53Cl3F3N7O8. The molecule has 3 aliphatic heterocycles. The highest BCUT2D eigenvalue weighted by atomic mass is 35.5. The smallest absolute Gasteiger partial charge is 0.481 e. The minimum atomic E-state index is -5.08. The van der Waals surface area contributed by atoms with Gasteiger partial charge in [-0.25, -0.2) is 19.4 Å². The summed E-state index contributed by atoms with van der Waals surface area (Å²) in [6, 6.07) is 4.74. The van der Waals surface area contributed by atoms with E-state index in [9.17, 15) is 43.2 Å². The molecule has 1 aliphatic carbocycles. The van der Waals surface area contributed by atoms with Crippen LogP contribution in [0.5, 0.6) is 0 Å². The third kappa shape index (κ3) is 11.5. The molecule has 334 valence electrons. The maximum atomic E-state index is 11.7. The number of anilines is 1. The van der Waals surface area contributed by atoms with Crippen LogP contribution in [-0.4, -0.2) is 131 Å². The number of aromatic nitrogens is 4. The lowest BCUT2D eigenvalue weighted by Gasteiger charge is -2.42. The van der Waals surface area contributed by atoms with Crippen molar-refractivity contribution in [2.75, 3.05) is 37.6 Å². The lowest BCUT2D eigenvalue weighted by atomic mass is 9.73. The number of carboxylic acid groups (broad SMARTS) is 3. The van der Waals surface area contributed by atoms with Crippen LogP contribution >= 0.6 is 35.6 Å². The first-order chi connectivity index (χ1) is 27.7. The second-order valence-corrected chi connectivity index (χ2v) is 17.0. The number of fused-ring (bicyclic) bond motifs is 1. The molecule has 0 spiro atoms. The van der Waals surface area contributed by atoms with Crippen molar-refractivity contribution in [2.45, 2.75) is 96.3 Å². The van der Waals surface area contributed by atoms with Crippen LogP contribution in [0.25, 0.3) is 11.2 Å². The van der Waals surface area contributed by atoms with Crippen molar-refractivity contribution < 1.29 is 53.1 Å². The van der Waals surface area contributed by atoms with E-state index < -0.39 is 42.3 Å². The number of aryl methyl sites for hydroxylation is 1. The van der Waals surface area contributed by atoms with Crippen LogP contribution in [0, 0.1) is 36.5 Å². The number of nitrogens with zero attached hydrogens (tertiary/aromatic N) is 6. The number of nitrogens with one attached hydrogen (secondary N) is 1. The van der Waals surface area contributed by atoms with Crippen LogP contribution in [0.3, 0.4) is 0 Å². The van der Waals surface area contributed by atoms with Crippen LogP contribution in [-0.2, 0) is 14.4 Å². The third-order valence-corrected chi connectivity index (χ3v) is 12.7. The number of piperidine rings is 2. The molecule has 10 atom stereocenters. The second kappa shape index (κ2) is 20.6. The van der Waals surface area contributed by atoms with Gasteiger partial charge in [0, 0.05) is 42.1 Å². The highest BCUT2D eigenvalue weighted by Crippen LogP contribution is 2.42. The molecule has 5 heterocycles. The molecule has 0 radical (unpaired) electrons. The van der Waals surface area contributed by atoms with E-state index >= 15 is 0 Å². The van der Waals surface area contributed by atoms with Gasteiger partial charge in [-0.15, -0.1) is 12.4 Å². The van der Waals surface area contributed by atoms with E-state index in [1.807, 2.05) is 35.6 Å². The Morgan fingerprint density at radius 3 is 2.22 bits per heavy atom. The van der Waals surface area contributed by atoms with Crippen LogP contribution in [0.4, 0.5) is 19.0 Å². The van der Waals surface area contributed by atoms with E-state index in [1.165, 1.54) is 0 Å². The van der Waals surface area contributed by atoms with Gasteiger partial charge in [0.05, 0.1) is 36.1 Å². The zero-order chi connectivity index (χ0) is 43.5. The topological polar surface area (TPSA) is 214 Å². The van der Waals surface area contributed by atoms with Crippen molar-refractivity contribution in [3.05, 3.63) is 45.7 Å². The number of β-amino-alcohol motifs (C(OH)–C–C–N with tert-alkyl or cyclic N) is 1. The fourth-order valence-electron chi connectivity index (χ4n) is 9.19. The summed E-state index contributed by atoms with van der Waals surface area (Å²) in [5.41, 5.74) is 3.12. The number of aliphatic carboxylic acids is 3. The lowest BCUT2D eigenvalue weighted by molar-refractivity contribution is -0.192. The summed E-state index contributed by atoms with van der Waals surface area (Å²) >= 11 is 12.6. The maximum absolute atomic E-state index is 11.7. The van der Waals surface area contributed by atoms with E-state index in [-0.39, 0.29) is 48.7 Å². The molecule has 2 aromatic heterocycles. The molecule has 4 aliphatic rings. The molecule has 0 amide bonds. The minimum absolute atomic E-state index is 0. The van der Waals surface area contributed by atoms with Crippen molar-refractivity contribution in [1.82, 2.24) is 30.0 Å². The Bertz CT molecular complexity index is 1980. The number of benzene rings is 1. The van der Waals surface area contributed by atoms with Gasteiger partial charge in [0.25, 0.3) is 0 Å². The Morgan fingerprint density at radius 2 is 1.63 bits per heavy atom. The summed E-state index contributed by atoms with van der Waals surface area (Å²) in [7, 11) is 0. The third-order valence-electron chi connectivity index (χ3n) is 12.1. The second-order valence-electron chi connectivity index (χ2n) is 16.2. The van der Waals surface area contributed by atoms with Crippen LogP contribution in [0.1, 0.15) is 70.2 Å². The fourth-order valence-corrected chi connectivity index (χ4v) is 9.75. The number of hydrogen-bond acceptors (Lipinski definition) is 11. The maximum Gasteiger partial charge on any atom is 0.490 e. The zero-order valence-electron chi connectivity index (χ0n) is 33.6. The van der Waals surface area contributed by atoms with E-state index in [1.54, 1.807) is 12.3 Å². The zero-order valence-corrected chi connectivity index (χ0v) is 35.9. The number of aliphatic hydroxyl groups excluding tert-OH is 2. The Kier molecular flexibility index (Phi) is 16.8. The number of aliphatic hydroxyl groups is 2. The predicted molar refractivity (Wildman–Crippen MR) is 220 cm³/mol. The van der Waals surface area contributed by atoms with Gasteiger partial charge in [0.2, 0.25) is 0 Å². The molecule has 0 bridgehead atoms. The first kappa shape index (κ1) is 49.1. The quantitative estimate of drug-likeness (QED) is 0.172. The molecule has 60 heavy (non-hydrogen) atoms. The largest absolute Gasteiger partial charge is 0.490 e. The molecule has 1 saturated carbocycles. The van der Waals surface area contributed by atoms with Crippen molar-refractivity contribution in [3.8, 4) is 0 Å². The summed E-state index contributed by atoms with van der Waals surface area (Å²) in [6.45, 7) is 12.0. The molecular weight excluding hydrogens is 858 g/mol. The van der Waals surface area contributed by atoms with Gasteiger partial charge in [0.15, 0.2) is 5.65 Å². The Hall–Kier alpha value is -3.52. The molecule has 3 unspecified atom stereocenters. The van der Waals surface area contributed by atoms with Gasteiger partial charge in [-0.1, -0.05) is 43.1 Å². The number of carbonyl (C=O) groups is 3. The van der Waals surface area contributed by atoms with E-state index in [2.05, 4.69) is 24.1 Å². The molecule has 3 aromatic rings. The Labute approximate surface area is 361 Å². The number of hydrogen-bond donors (Lipinski definition) is 6. The van der Waals surface area contributed by atoms with Gasteiger partial charge < -0.3 is 35.7 Å². The van der Waals surface area contributed by atoms with E-state index in [4.69, 9.17) is 48.2 Å². The van der Waals surface area contributed by atoms with Gasteiger partial charge >= 0.3 is 24.1 Å². The van der Waals surface area contributed by atoms with Crippen molar-refractivity contribution in [3.63, 3.8) is 0 Å². The molecule has 15 nitrogen and oxygen atoms in total. The van der Waals surface area contributed by atoms with Crippen LogP contribution < -0.4 is 10.2 Å². The molecule has 4 fully saturated rings. The average Bonchev–Trinajstić information content (AvgIpc) is 3.85. The molecule has 6 N–H and O–H groups in total. The first-order valence-corrected chi connectivity index (χ1v) is 20.4. The number of carboxylic acids is 3. The minimum Gasteiger partial charge on any atom is -0.481 e. The Balaban J connectivity index is 0.000000273. The van der Waals surface area contributed by atoms with Crippen LogP contribution in [0.2, 0.25) is 10.0 Å². The van der Waals surface area contributed by atoms with Crippen molar-refractivity contribution in [2.24, 2.45) is 29.6 Å². The summed E-state index contributed by atoms with van der Waals surface area (Å²) < 4.78 is 33.6. The standard InChI is InChI=1S/C25H30Cl2N6O3.C12H21NO3.C2HF3O2.ClH/c1-13-11-31(7-6-20(13)32-12-17(34)9-21(32)25(35)36)22-10-28-23-14(2)30-33(24(23)29-22)15(3)18-5-4-16(26)8-19(18)27;1-7-6-13-3-2-9(7)10-4-8(14)5-11(10)12(15)16;3-2(4,5)1(6)7;/h4-5,8,10,13,15,17,20-21,34H,6-7,9,11-12H2,1-3H3,(H,35,36);7-11,13-14H,2-6H2,1H3,(H,15,16);(H,6,7);1H/t13-,15-,17-,20+,21+;7?,8-,9?,10?,11+;;/m10../s1. The van der Waals surface area contributed by atoms with Crippen molar-refractivity contribution in [1.29, 1.82) is 0 Å². The lowest BCUT2D eigenvalue weighted by Crippen LogP contribution is -2.53. The van der Waals surface area contributed by atoms with Gasteiger partial charge in [-0.2, -0.15) is 18.3 Å². The van der Waals surface area contributed by atoms with Gasteiger partial charge in [-0.3, -0.25) is 14.5 Å². The summed E-state index contributed by atoms with van der Waals surface area (Å²) in [5, 5.41) is 54.9. The molecule has 21 heteroatoms. The highest BCUT2D eigenvalue weighted by molar-refractivity contribution is 6.35. The normalized spacial score (nSPS) is 28.8. The SMILES string of the molecule is CC1CNCCC1C1C[C@H](O)C[C@H]1C(=O)O.Cc1nn([C@H](C)c2ccc(Cl)cc2Cl)c2nc(N3CC[C@H](N4C[C@H](O)C[C@H]4C(=O)O)[C@H](C)C3)cnc12.Cl.O=C(O)C(F)(F)F. The molecule has 3 saturated heterocycles. The predicted octanol–water partition coefficient (Wildman–Crippen LogP) is 5.54.